The number of aromatic nitrogens is 2. The normalized spacial score (nSPS) is 12.2. The molecule has 0 bridgehead atoms. The third-order valence-corrected chi connectivity index (χ3v) is 4.60. The van der Waals surface area contributed by atoms with Gasteiger partial charge in [0, 0.05) is 6.07 Å². The van der Waals surface area contributed by atoms with E-state index in [0.717, 1.165) is 29.4 Å². The van der Waals surface area contributed by atoms with Crippen LogP contribution in [0.3, 0.4) is 0 Å². The smallest absolute Gasteiger partial charge is 0.237 e. The minimum absolute atomic E-state index is 0.421. The second-order valence-corrected chi connectivity index (χ2v) is 6.73. The van der Waals surface area contributed by atoms with Crippen LogP contribution >= 0.6 is 11.8 Å². The maximum Gasteiger partial charge on any atom is 0.237 e. The number of H-pyrrole nitrogens is 1. The molecule has 9 heteroatoms. The largest absolute Gasteiger partial charge is 0.497 e. The fourth-order valence-corrected chi connectivity index (χ4v) is 3.05. The molecule has 2 N–H and O–H groups in total. The Morgan fingerprint density at radius 1 is 1.23 bits per heavy atom. The van der Waals surface area contributed by atoms with Crippen LogP contribution in [0.2, 0.25) is 0 Å². The van der Waals surface area contributed by atoms with E-state index in [-0.39, 0.29) is 0 Å². The van der Waals surface area contributed by atoms with E-state index in [1.54, 1.807) is 32.2 Å². The Balaban J connectivity index is 1.72. The molecule has 3 rings (SSSR count). The number of aromatic amines is 1. The highest BCUT2D eigenvalue weighted by atomic mass is 32.2. The van der Waals surface area contributed by atoms with E-state index >= 15 is 0 Å². The Morgan fingerprint density at radius 2 is 2.00 bits per heavy atom. The second kappa shape index (κ2) is 7.28. The number of carbonyl (C=O) groups excluding carboxylic acids is 1. The molecular weight excluding hydrogens is 367 g/mol. The van der Waals surface area contributed by atoms with Gasteiger partial charge in [-0.15, -0.1) is 0 Å². The number of nitrogens with one attached hydrogen (secondary N) is 2. The van der Waals surface area contributed by atoms with Gasteiger partial charge in [-0.05, 0) is 31.2 Å². The number of amides is 1. The highest BCUT2D eigenvalue weighted by Gasteiger charge is 2.20. The number of hydrogen-bond acceptors (Lipinski definition) is 4. The number of anilines is 1. The number of fused-ring (bicyclic) bond motifs is 1. The van der Waals surface area contributed by atoms with Crippen LogP contribution < -0.4 is 10.1 Å². The number of benzene rings is 2. The Bertz CT molecular complexity index is 977. The molecule has 0 aliphatic heterocycles. The molecule has 1 amide bonds. The van der Waals surface area contributed by atoms with Gasteiger partial charge < -0.3 is 15.0 Å². The van der Waals surface area contributed by atoms with Crippen LogP contribution in [0.5, 0.6) is 5.75 Å². The summed E-state index contributed by atoms with van der Waals surface area (Å²) in [6.45, 7) is 1.59. The quantitative estimate of drug-likeness (QED) is 0.516. The fraction of sp³-hybridized carbons (Fsp3) is 0.176. The van der Waals surface area contributed by atoms with Crippen molar-refractivity contribution in [1.29, 1.82) is 0 Å². The van der Waals surface area contributed by atoms with Crippen molar-refractivity contribution < 1.29 is 22.7 Å². The van der Waals surface area contributed by atoms with E-state index in [9.17, 15) is 18.0 Å². The predicted octanol–water partition coefficient (Wildman–Crippen LogP) is 4.11. The van der Waals surface area contributed by atoms with Crippen molar-refractivity contribution in [2.24, 2.45) is 0 Å². The molecule has 1 heterocycles. The van der Waals surface area contributed by atoms with Crippen molar-refractivity contribution in [3.05, 3.63) is 47.8 Å². The van der Waals surface area contributed by atoms with Crippen molar-refractivity contribution in [3.63, 3.8) is 0 Å². The standard InChI is InChI=1S/C17H14F3N3O2S/c1-8(16(24)21-12-6-4-10(18)14(19)15(12)20)26-17-22-11-5-3-9(25-2)7-13(11)23-17/h3-8H,1-2H3,(H,21,24)(H,22,23)/t8-/m0/s1. The summed E-state index contributed by atoms with van der Waals surface area (Å²) in [5.74, 6) is -4.29. The van der Waals surface area contributed by atoms with Crippen molar-refractivity contribution in [2.75, 3.05) is 12.4 Å². The fourth-order valence-electron chi connectivity index (χ4n) is 2.23. The summed E-state index contributed by atoms with van der Waals surface area (Å²) in [7, 11) is 1.55. The highest BCUT2D eigenvalue weighted by Crippen LogP contribution is 2.27. The van der Waals surface area contributed by atoms with E-state index in [2.05, 4.69) is 15.3 Å². The Labute approximate surface area is 151 Å². The SMILES string of the molecule is COc1ccc2nc(S[C@@H](C)C(=O)Nc3ccc(F)c(F)c3F)[nH]c2c1. The van der Waals surface area contributed by atoms with Gasteiger partial charge in [-0.2, -0.15) is 0 Å². The minimum Gasteiger partial charge on any atom is -0.497 e. The van der Waals surface area contributed by atoms with E-state index in [1.807, 2.05) is 0 Å². The average Bonchev–Trinajstić information content (AvgIpc) is 3.03. The second-order valence-electron chi connectivity index (χ2n) is 5.40. The van der Waals surface area contributed by atoms with Gasteiger partial charge in [0.25, 0.3) is 0 Å². The molecule has 0 saturated carbocycles. The van der Waals surface area contributed by atoms with Crippen molar-refractivity contribution in [1.82, 2.24) is 9.97 Å². The third-order valence-electron chi connectivity index (χ3n) is 3.62. The zero-order valence-corrected chi connectivity index (χ0v) is 14.6. The summed E-state index contributed by atoms with van der Waals surface area (Å²) in [4.78, 5) is 19.6. The molecule has 0 spiro atoms. The molecule has 0 fully saturated rings. The molecule has 1 aromatic heterocycles. The molecule has 3 aromatic rings. The molecule has 0 aliphatic carbocycles. The lowest BCUT2D eigenvalue weighted by atomic mass is 10.2. The third kappa shape index (κ3) is 3.62. The van der Waals surface area contributed by atoms with Crippen molar-refractivity contribution in [3.8, 4) is 5.75 Å². The molecular formula is C17H14F3N3O2S. The number of hydrogen-bond donors (Lipinski definition) is 2. The number of halogens is 3. The summed E-state index contributed by atoms with van der Waals surface area (Å²) >= 11 is 1.11. The van der Waals surface area contributed by atoms with E-state index in [0.29, 0.717) is 16.4 Å². The maximum atomic E-state index is 13.7. The van der Waals surface area contributed by atoms with Crippen molar-refractivity contribution >= 4 is 34.4 Å². The number of thioether (sulfide) groups is 1. The van der Waals surface area contributed by atoms with Gasteiger partial charge in [0.05, 0.1) is 29.1 Å². The molecule has 136 valence electrons. The van der Waals surface area contributed by atoms with Crippen LogP contribution in [0.25, 0.3) is 11.0 Å². The number of ether oxygens (including phenoxy) is 1. The number of carbonyl (C=O) groups is 1. The number of rotatable bonds is 5. The first kappa shape index (κ1) is 18.1. The lowest BCUT2D eigenvalue weighted by Crippen LogP contribution is -2.23. The zero-order chi connectivity index (χ0) is 18.8. The summed E-state index contributed by atoms with van der Waals surface area (Å²) in [5.41, 5.74) is 1.02. The molecule has 5 nitrogen and oxygen atoms in total. The molecule has 0 radical (unpaired) electrons. The van der Waals surface area contributed by atoms with Gasteiger partial charge in [0.15, 0.2) is 22.6 Å². The van der Waals surface area contributed by atoms with Crippen LogP contribution in [0.4, 0.5) is 18.9 Å². The lowest BCUT2D eigenvalue weighted by Gasteiger charge is -2.11. The molecule has 0 aliphatic rings. The van der Waals surface area contributed by atoms with Gasteiger partial charge >= 0.3 is 0 Å². The minimum atomic E-state index is -1.63. The van der Waals surface area contributed by atoms with Crippen molar-refractivity contribution in [2.45, 2.75) is 17.3 Å². The van der Waals surface area contributed by atoms with Gasteiger partial charge in [0.1, 0.15) is 5.75 Å². The molecule has 2 aromatic carbocycles. The van der Waals surface area contributed by atoms with Crippen LogP contribution in [-0.2, 0) is 4.79 Å². The lowest BCUT2D eigenvalue weighted by molar-refractivity contribution is -0.115. The number of imidazole rings is 1. The average molecular weight is 381 g/mol. The van der Waals surface area contributed by atoms with E-state index in [4.69, 9.17) is 4.74 Å². The van der Waals surface area contributed by atoms with Crippen LogP contribution in [0, 0.1) is 17.5 Å². The Hall–Kier alpha value is -2.68. The molecule has 1 atom stereocenters. The van der Waals surface area contributed by atoms with E-state index < -0.39 is 34.3 Å². The van der Waals surface area contributed by atoms with Crippen LogP contribution in [0.15, 0.2) is 35.5 Å². The summed E-state index contributed by atoms with van der Waals surface area (Å²) in [5, 5.41) is 2.07. The van der Waals surface area contributed by atoms with Gasteiger partial charge in [-0.25, -0.2) is 18.2 Å². The monoisotopic (exact) mass is 381 g/mol. The summed E-state index contributed by atoms with van der Waals surface area (Å²) in [6, 6.07) is 7.03. The Kier molecular flexibility index (Phi) is 5.08. The highest BCUT2D eigenvalue weighted by molar-refractivity contribution is 8.00. The first-order valence-electron chi connectivity index (χ1n) is 7.54. The number of methoxy groups -OCH3 is 1. The predicted molar refractivity (Wildman–Crippen MR) is 92.9 cm³/mol. The first-order chi connectivity index (χ1) is 12.4. The van der Waals surface area contributed by atoms with Gasteiger partial charge in [-0.1, -0.05) is 11.8 Å². The zero-order valence-electron chi connectivity index (χ0n) is 13.8. The topological polar surface area (TPSA) is 67.0 Å². The Morgan fingerprint density at radius 3 is 2.73 bits per heavy atom. The summed E-state index contributed by atoms with van der Waals surface area (Å²) in [6.07, 6.45) is 0. The van der Waals surface area contributed by atoms with E-state index in [1.165, 1.54) is 0 Å². The van der Waals surface area contributed by atoms with Gasteiger partial charge in [-0.3, -0.25) is 4.79 Å². The molecule has 26 heavy (non-hydrogen) atoms. The number of nitrogens with zero attached hydrogens (tertiary/aromatic N) is 1. The molecule has 0 saturated heterocycles. The van der Waals surface area contributed by atoms with Crippen LogP contribution in [-0.4, -0.2) is 28.2 Å². The van der Waals surface area contributed by atoms with Crippen LogP contribution in [0.1, 0.15) is 6.92 Å². The van der Waals surface area contributed by atoms with Gasteiger partial charge in [0.2, 0.25) is 5.91 Å². The maximum absolute atomic E-state index is 13.7. The summed E-state index contributed by atoms with van der Waals surface area (Å²) < 4.78 is 45.0. The first-order valence-corrected chi connectivity index (χ1v) is 8.41. The molecule has 0 unspecified atom stereocenters.